The van der Waals surface area contributed by atoms with Gasteiger partial charge in [-0.2, -0.15) is 0 Å². The molecule has 4 unspecified atom stereocenters. The van der Waals surface area contributed by atoms with Gasteiger partial charge in [0.15, 0.2) is 0 Å². The van der Waals surface area contributed by atoms with Gasteiger partial charge in [0.05, 0.1) is 0 Å². The minimum Gasteiger partial charge on any atom is -0.384 e. The summed E-state index contributed by atoms with van der Waals surface area (Å²) in [6, 6.07) is 7.20. The second-order valence-corrected chi connectivity index (χ2v) is 8.66. The molecule has 2 aromatic rings. The van der Waals surface area contributed by atoms with Crippen molar-refractivity contribution < 1.29 is 9.53 Å². The van der Waals surface area contributed by atoms with Crippen LogP contribution in [0.3, 0.4) is 0 Å². The summed E-state index contributed by atoms with van der Waals surface area (Å²) in [5, 5.41) is 1.44. The molecular formula is C23H32N2O2. The van der Waals surface area contributed by atoms with Crippen LogP contribution in [-0.2, 0) is 23.0 Å². The molecule has 2 aliphatic rings. The maximum absolute atomic E-state index is 13.1. The minimum atomic E-state index is 0.141. The number of hydrogen-bond acceptors (Lipinski definition) is 3. The van der Waals surface area contributed by atoms with Crippen molar-refractivity contribution in [1.82, 2.24) is 9.47 Å². The van der Waals surface area contributed by atoms with Gasteiger partial charge in [0.2, 0.25) is 0 Å². The molecule has 146 valence electrons. The Kier molecular flexibility index (Phi) is 5.13. The molecule has 4 heteroatoms. The predicted molar refractivity (Wildman–Crippen MR) is 109 cm³/mol. The number of nitrogens with zero attached hydrogens (tertiary/aromatic N) is 2. The summed E-state index contributed by atoms with van der Waals surface area (Å²) in [6.45, 7) is 3.73. The summed E-state index contributed by atoms with van der Waals surface area (Å²) >= 11 is 0. The van der Waals surface area contributed by atoms with Crippen LogP contribution < -0.4 is 0 Å². The van der Waals surface area contributed by atoms with Gasteiger partial charge in [-0.05, 0) is 43.0 Å². The zero-order chi connectivity index (χ0) is 19.1. The molecule has 27 heavy (non-hydrogen) atoms. The van der Waals surface area contributed by atoms with E-state index in [0.29, 0.717) is 36.7 Å². The van der Waals surface area contributed by atoms with Crippen molar-refractivity contribution in [2.45, 2.75) is 44.6 Å². The number of aryl methyl sites for hydroxylation is 1. The van der Waals surface area contributed by atoms with Crippen molar-refractivity contribution in [2.75, 3.05) is 27.3 Å². The average molecular weight is 369 g/mol. The van der Waals surface area contributed by atoms with Crippen LogP contribution in [0, 0.1) is 11.8 Å². The van der Waals surface area contributed by atoms with Gasteiger partial charge in [0, 0.05) is 68.7 Å². The lowest BCUT2D eigenvalue weighted by Crippen LogP contribution is -2.49. The molecule has 1 fully saturated rings. The van der Waals surface area contributed by atoms with E-state index in [2.05, 4.69) is 54.9 Å². The first-order chi connectivity index (χ1) is 13.0. The second-order valence-electron chi connectivity index (χ2n) is 8.66. The molecule has 1 aliphatic heterocycles. The summed E-state index contributed by atoms with van der Waals surface area (Å²) < 4.78 is 7.56. The molecule has 0 N–H and O–H groups in total. The number of carbonyl (C=O) groups excluding carboxylic acids is 1. The highest BCUT2D eigenvalue weighted by Crippen LogP contribution is 2.45. The van der Waals surface area contributed by atoms with Gasteiger partial charge in [-0.15, -0.1) is 0 Å². The van der Waals surface area contributed by atoms with E-state index in [1.54, 1.807) is 7.11 Å². The Morgan fingerprint density at radius 2 is 2.15 bits per heavy atom. The van der Waals surface area contributed by atoms with Gasteiger partial charge in [-0.25, -0.2) is 0 Å². The van der Waals surface area contributed by atoms with Crippen LogP contribution in [0.25, 0.3) is 10.9 Å². The number of likely N-dealkylation sites (N-methyl/N-ethyl adjacent to an activating group) is 1. The van der Waals surface area contributed by atoms with Gasteiger partial charge >= 0.3 is 0 Å². The number of ketones is 1. The minimum absolute atomic E-state index is 0.141. The second kappa shape index (κ2) is 7.40. The predicted octanol–water partition coefficient (Wildman–Crippen LogP) is 3.77. The fourth-order valence-corrected chi connectivity index (χ4v) is 5.46. The smallest absolute Gasteiger partial charge is 0.137 e. The summed E-state index contributed by atoms with van der Waals surface area (Å²) in [5.41, 5.74) is 4.24. The van der Waals surface area contributed by atoms with E-state index in [1.807, 2.05) is 0 Å². The Bertz CT molecular complexity index is 840. The molecule has 1 saturated heterocycles. The number of piperidine rings is 1. The van der Waals surface area contributed by atoms with E-state index in [9.17, 15) is 4.79 Å². The Hall–Kier alpha value is -1.65. The van der Waals surface area contributed by atoms with E-state index in [1.165, 1.54) is 22.0 Å². The van der Waals surface area contributed by atoms with Crippen LogP contribution in [0.2, 0.25) is 0 Å². The van der Waals surface area contributed by atoms with Gasteiger partial charge < -0.3 is 14.2 Å². The summed E-state index contributed by atoms with van der Waals surface area (Å²) in [5.74, 6) is 1.37. The highest BCUT2D eigenvalue weighted by Gasteiger charge is 2.41. The van der Waals surface area contributed by atoms with Crippen molar-refractivity contribution in [3.8, 4) is 0 Å². The molecule has 0 amide bonds. The molecular weight excluding hydrogens is 336 g/mol. The third-order valence-corrected chi connectivity index (χ3v) is 6.96. The molecule has 0 radical (unpaired) electrons. The number of carbonyl (C=O) groups is 1. The Morgan fingerprint density at radius 3 is 2.89 bits per heavy atom. The molecule has 2 heterocycles. The monoisotopic (exact) mass is 368 g/mol. The lowest BCUT2D eigenvalue weighted by molar-refractivity contribution is -0.126. The van der Waals surface area contributed by atoms with Gasteiger partial charge in [-0.1, -0.05) is 25.5 Å². The van der Waals surface area contributed by atoms with Crippen LogP contribution >= 0.6 is 0 Å². The van der Waals surface area contributed by atoms with E-state index >= 15 is 0 Å². The van der Waals surface area contributed by atoms with Crippen molar-refractivity contribution in [1.29, 1.82) is 0 Å². The summed E-state index contributed by atoms with van der Waals surface area (Å²) in [7, 11) is 6.07. The highest BCUT2D eigenvalue weighted by atomic mass is 16.5. The van der Waals surface area contributed by atoms with Crippen molar-refractivity contribution in [2.24, 2.45) is 18.9 Å². The molecule has 0 bridgehead atoms. The number of hydrogen-bond donors (Lipinski definition) is 0. The van der Waals surface area contributed by atoms with Gasteiger partial charge in [0.25, 0.3) is 0 Å². The van der Waals surface area contributed by atoms with E-state index in [0.717, 1.165) is 25.8 Å². The fourth-order valence-electron chi connectivity index (χ4n) is 5.46. The standard InChI is InChI=1S/C23H32N2O2/c1-5-15(14-27-4)9-22(26)16-10-19-18-7-6-8-20-23(18)17(13-24(20)2)11-21(19)25(3)12-16/h6-8,13,15-16,19,21H,5,9-12,14H2,1-4H3. The summed E-state index contributed by atoms with van der Waals surface area (Å²) in [6.07, 6.45) is 6.04. The number of fused-ring (bicyclic) bond motifs is 2. The van der Waals surface area contributed by atoms with Crippen LogP contribution in [0.1, 0.15) is 43.2 Å². The zero-order valence-electron chi connectivity index (χ0n) is 17.1. The molecule has 0 saturated carbocycles. The molecule has 4 nitrogen and oxygen atoms in total. The molecule has 1 aliphatic carbocycles. The summed E-state index contributed by atoms with van der Waals surface area (Å²) in [4.78, 5) is 15.5. The van der Waals surface area contributed by atoms with Crippen LogP contribution in [0.4, 0.5) is 0 Å². The third-order valence-electron chi connectivity index (χ3n) is 6.96. The number of aromatic nitrogens is 1. The van der Waals surface area contributed by atoms with Crippen molar-refractivity contribution in [3.63, 3.8) is 0 Å². The molecule has 1 aromatic heterocycles. The van der Waals surface area contributed by atoms with Crippen molar-refractivity contribution >= 4 is 16.7 Å². The largest absolute Gasteiger partial charge is 0.384 e. The maximum atomic E-state index is 13.1. The lowest BCUT2D eigenvalue weighted by Gasteiger charge is -2.45. The molecule has 4 atom stereocenters. The quantitative estimate of drug-likeness (QED) is 0.778. The van der Waals surface area contributed by atoms with Crippen LogP contribution in [-0.4, -0.2) is 48.6 Å². The average Bonchev–Trinajstić information content (AvgIpc) is 2.99. The van der Waals surface area contributed by atoms with Gasteiger partial charge in [0.1, 0.15) is 5.78 Å². The molecule has 4 rings (SSSR count). The third kappa shape index (κ3) is 3.23. The number of likely N-dealkylation sites (tertiary alicyclic amines) is 1. The number of rotatable bonds is 6. The van der Waals surface area contributed by atoms with E-state index in [4.69, 9.17) is 4.74 Å². The fraction of sp³-hybridized carbons (Fsp3) is 0.609. The first kappa shape index (κ1) is 18.7. The molecule has 1 aromatic carbocycles. The van der Waals surface area contributed by atoms with Crippen LogP contribution in [0.5, 0.6) is 0 Å². The maximum Gasteiger partial charge on any atom is 0.137 e. The number of Topliss-reactive ketones (excluding diaryl/α,β-unsaturated/α-hetero) is 1. The van der Waals surface area contributed by atoms with Gasteiger partial charge in [-0.3, -0.25) is 4.79 Å². The number of benzene rings is 1. The topological polar surface area (TPSA) is 34.5 Å². The normalized spacial score (nSPS) is 26.1. The van der Waals surface area contributed by atoms with E-state index < -0.39 is 0 Å². The Labute approximate surface area is 162 Å². The van der Waals surface area contributed by atoms with Crippen molar-refractivity contribution in [3.05, 3.63) is 35.5 Å². The Balaban J connectivity index is 1.61. The number of ether oxygens (including phenoxy) is 1. The first-order valence-electron chi connectivity index (χ1n) is 10.3. The van der Waals surface area contributed by atoms with E-state index in [-0.39, 0.29) is 5.92 Å². The first-order valence-corrected chi connectivity index (χ1v) is 10.3. The SMILES string of the molecule is CCC(COC)CC(=O)C1CC2c3cccc4c3c(cn4C)CC2N(C)C1. The Morgan fingerprint density at radius 1 is 1.33 bits per heavy atom. The van der Waals surface area contributed by atoms with Crippen LogP contribution in [0.15, 0.2) is 24.4 Å². The lowest BCUT2D eigenvalue weighted by atomic mass is 9.71. The number of methoxy groups -OCH3 is 1. The zero-order valence-corrected chi connectivity index (χ0v) is 17.1. The molecule has 0 spiro atoms. The highest BCUT2D eigenvalue weighted by molar-refractivity contribution is 5.89.